The van der Waals surface area contributed by atoms with Gasteiger partial charge in [-0.1, -0.05) is 30.3 Å². The standard InChI is InChI=1S/C12H16N2O2/c15-9-8-14-7-6-13-12(16)11(14)10-4-2-1-3-5-10/h1-5,11,15H,6-9H2,(H,13,16). The number of piperazine rings is 1. The second-order valence-electron chi connectivity index (χ2n) is 3.86. The summed E-state index contributed by atoms with van der Waals surface area (Å²) in [6, 6.07) is 9.41. The van der Waals surface area contributed by atoms with Gasteiger partial charge in [0.15, 0.2) is 0 Å². The number of nitrogens with zero attached hydrogens (tertiary/aromatic N) is 1. The molecule has 2 rings (SSSR count). The van der Waals surface area contributed by atoms with Crippen molar-refractivity contribution in [3.63, 3.8) is 0 Å². The van der Waals surface area contributed by atoms with E-state index in [0.717, 1.165) is 12.1 Å². The average Bonchev–Trinajstić information content (AvgIpc) is 2.31. The Kier molecular flexibility index (Phi) is 3.54. The van der Waals surface area contributed by atoms with Crippen molar-refractivity contribution in [1.82, 2.24) is 10.2 Å². The fourth-order valence-electron chi connectivity index (χ4n) is 2.08. The van der Waals surface area contributed by atoms with Crippen LogP contribution in [0.15, 0.2) is 30.3 Å². The number of aliphatic hydroxyl groups excluding tert-OH is 1. The van der Waals surface area contributed by atoms with Crippen molar-refractivity contribution in [1.29, 1.82) is 0 Å². The molecule has 0 spiro atoms. The molecule has 0 radical (unpaired) electrons. The Morgan fingerprint density at radius 1 is 1.38 bits per heavy atom. The number of hydrogen-bond donors (Lipinski definition) is 2. The largest absolute Gasteiger partial charge is 0.395 e. The number of amides is 1. The van der Waals surface area contributed by atoms with Crippen molar-refractivity contribution < 1.29 is 9.90 Å². The van der Waals surface area contributed by atoms with Crippen LogP contribution in [-0.4, -0.2) is 42.2 Å². The van der Waals surface area contributed by atoms with Gasteiger partial charge in [0.25, 0.3) is 0 Å². The Bertz CT molecular complexity index is 351. The molecule has 1 aromatic carbocycles. The summed E-state index contributed by atoms with van der Waals surface area (Å²) in [7, 11) is 0. The summed E-state index contributed by atoms with van der Waals surface area (Å²) < 4.78 is 0. The van der Waals surface area contributed by atoms with Gasteiger partial charge in [-0.2, -0.15) is 0 Å². The number of carbonyl (C=O) groups is 1. The van der Waals surface area contributed by atoms with Crippen LogP contribution in [-0.2, 0) is 4.79 Å². The predicted molar refractivity (Wildman–Crippen MR) is 60.9 cm³/mol. The highest BCUT2D eigenvalue weighted by molar-refractivity contribution is 5.83. The lowest BCUT2D eigenvalue weighted by molar-refractivity contribution is -0.129. The Morgan fingerprint density at radius 2 is 2.12 bits per heavy atom. The third-order valence-electron chi connectivity index (χ3n) is 2.81. The van der Waals surface area contributed by atoms with Crippen molar-refractivity contribution in [3.05, 3.63) is 35.9 Å². The van der Waals surface area contributed by atoms with Crippen molar-refractivity contribution in [2.24, 2.45) is 0 Å². The predicted octanol–water partition coefficient (Wildman–Crippen LogP) is 0.152. The van der Waals surface area contributed by atoms with Gasteiger partial charge in [0.1, 0.15) is 6.04 Å². The van der Waals surface area contributed by atoms with Gasteiger partial charge < -0.3 is 10.4 Å². The number of carbonyl (C=O) groups excluding carboxylic acids is 1. The van der Waals surface area contributed by atoms with E-state index in [9.17, 15) is 4.79 Å². The lowest BCUT2D eigenvalue weighted by atomic mass is 10.0. The van der Waals surface area contributed by atoms with Crippen molar-refractivity contribution >= 4 is 5.91 Å². The average molecular weight is 220 g/mol. The molecule has 1 heterocycles. The maximum absolute atomic E-state index is 11.8. The van der Waals surface area contributed by atoms with Crippen LogP contribution in [0.4, 0.5) is 0 Å². The van der Waals surface area contributed by atoms with Crippen LogP contribution in [0, 0.1) is 0 Å². The molecular weight excluding hydrogens is 204 g/mol. The molecule has 4 heteroatoms. The van der Waals surface area contributed by atoms with Crippen LogP contribution < -0.4 is 5.32 Å². The third kappa shape index (κ3) is 2.23. The topological polar surface area (TPSA) is 52.6 Å². The van der Waals surface area contributed by atoms with Crippen LogP contribution in [0.2, 0.25) is 0 Å². The molecule has 1 saturated heterocycles. The fraction of sp³-hybridized carbons (Fsp3) is 0.417. The fourth-order valence-corrected chi connectivity index (χ4v) is 2.08. The highest BCUT2D eigenvalue weighted by Gasteiger charge is 2.30. The van der Waals surface area contributed by atoms with Crippen molar-refractivity contribution in [2.75, 3.05) is 26.2 Å². The summed E-state index contributed by atoms with van der Waals surface area (Å²) in [6.07, 6.45) is 0. The minimum atomic E-state index is -0.262. The molecule has 86 valence electrons. The molecule has 16 heavy (non-hydrogen) atoms. The van der Waals surface area contributed by atoms with Gasteiger partial charge in [-0.05, 0) is 5.56 Å². The summed E-state index contributed by atoms with van der Waals surface area (Å²) >= 11 is 0. The van der Waals surface area contributed by atoms with Gasteiger partial charge in [0.2, 0.25) is 5.91 Å². The first-order valence-corrected chi connectivity index (χ1v) is 5.50. The molecule has 1 aliphatic heterocycles. The van der Waals surface area contributed by atoms with E-state index >= 15 is 0 Å². The molecule has 4 nitrogen and oxygen atoms in total. The first-order valence-electron chi connectivity index (χ1n) is 5.50. The van der Waals surface area contributed by atoms with Crippen LogP contribution in [0.5, 0.6) is 0 Å². The molecule has 0 saturated carbocycles. The summed E-state index contributed by atoms with van der Waals surface area (Å²) in [6.45, 7) is 2.05. The summed E-state index contributed by atoms with van der Waals surface area (Å²) in [4.78, 5) is 13.9. The Hall–Kier alpha value is -1.39. The smallest absolute Gasteiger partial charge is 0.242 e. The van der Waals surface area contributed by atoms with E-state index in [-0.39, 0.29) is 18.6 Å². The van der Waals surface area contributed by atoms with E-state index in [1.54, 1.807) is 0 Å². The molecular formula is C12H16N2O2. The number of rotatable bonds is 3. The first-order chi connectivity index (χ1) is 7.83. The first kappa shape index (κ1) is 11.1. The highest BCUT2D eigenvalue weighted by Crippen LogP contribution is 2.22. The van der Waals surface area contributed by atoms with Gasteiger partial charge >= 0.3 is 0 Å². The highest BCUT2D eigenvalue weighted by atomic mass is 16.3. The number of benzene rings is 1. The lowest BCUT2D eigenvalue weighted by Gasteiger charge is -2.34. The van der Waals surface area contributed by atoms with Gasteiger partial charge in [-0.15, -0.1) is 0 Å². The monoisotopic (exact) mass is 220 g/mol. The second kappa shape index (κ2) is 5.09. The molecule has 0 bridgehead atoms. The van der Waals surface area contributed by atoms with E-state index in [1.165, 1.54) is 0 Å². The zero-order valence-corrected chi connectivity index (χ0v) is 9.10. The Labute approximate surface area is 94.9 Å². The quantitative estimate of drug-likeness (QED) is 0.762. The molecule has 1 fully saturated rings. The second-order valence-corrected chi connectivity index (χ2v) is 3.86. The lowest BCUT2D eigenvalue weighted by Crippen LogP contribution is -2.50. The number of β-amino-alcohol motifs (C(OH)–C–C–N with tert-alkyl or cyclic N) is 1. The maximum atomic E-state index is 11.8. The number of nitrogens with one attached hydrogen (secondary N) is 1. The molecule has 1 aromatic rings. The van der Waals surface area contributed by atoms with E-state index in [1.807, 2.05) is 35.2 Å². The Balaban J connectivity index is 2.23. The zero-order chi connectivity index (χ0) is 11.4. The van der Waals surface area contributed by atoms with Crippen molar-refractivity contribution in [3.8, 4) is 0 Å². The number of aliphatic hydroxyl groups is 1. The molecule has 2 N–H and O–H groups in total. The molecule has 1 amide bonds. The maximum Gasteiger partial charge on any atom is 0.242 e. The van der Waals surface area contributed by atoms with Crippen LogP contribution in [0.1, 0.15) is 11.6 Å². The molecule has 0 aliphatic carbocycles. The minimum Gasteiger partial charge on any atom is -0.395 e. The van der Waals surface area contributed by atoms with E-state index < -0.39 is 0 Å². The van der Waals surface area contributed by atoms with Crippen LogP contribution in [0.25, 0.3) is 0 Å². The van der Waals surface area contributed by atoms with E-state index in [0.29, 0.717) is 13.1 Å². The van der Waals surface area contributed by atoms with Gasteiger partial charge in [0, 0.05) is 19.6 Å². The summed E-state index contributed by atoms with van der Waals surface area (Å²) in [5, 5.41) is 11.9. The molecule has 1 atom stereocenters. The molecule has 1 unspecified atom stereocenters. The molecule has 1 aliphatic rings. The van der Waals surface area contributed by atoms with Gasteiger partial charge in [-0.25, -0.2) is 0 Å². The third-order valence-corrected chi connectivity index (χ3v) is 2.81. The summed E-state index contributed by atoms with van der Waals surface area (Å²) in [5.74, 6) is 0.0194. The number of hydrogen-bond acceptors (Lipinski definition) is 3. The normalized spacial score (nSPS) is 21.8. The van der Waals surface area contributed by atoms with Crippen LogP contribution in [0.3, 0.4) is 0 Å². The van der Waals surface area contributed by atoms with E-state index in [2.05, 4.69) is 5.32 Å². The Morgan fingerprint density at radius 3 is 2.81 bits per heavy atom. The zero-order valence-electron chi connectivity index (χ0n) is 9.10. The minimum absolute atomic E-state index is 0.0194. The SMILES string of the molecule is O=C1NCCN(CCO)C1c1ccccc1. The van der Waals surface area contributed by atoms with E-state index in [4.69, 9.17) is 5.11 Å². The molecule has 0 aromatic heterocycles. The van der Waals surface area contributed by atoms with Gasteiger partial charge in [-0.3, -0.25) is 9.69 Å². The van der Waals surface area contributed by atoms with Gasteiger partial charge in [0.05, 0.1) is 6.61 Å². The van der Waals surface area contributed by atoms with Crippen molar-refractivity contribution in [2.45, 2.75) is 6.04 Å². The van der Waals surface area contributed by atoms with Crippen LogP contribution >= 0.6 is 0 Å². The summed E-state index contributed by atoms with van der Waals surface area (Å²) in [5.41, 5.74) is 0.980.